The van der Waals surface area contributed by atoms with Gasteiger partial charge in [0.1, 0.15) is 0 Å². The van der Waals surface area contributed by atoms with Crippen LogP contribution in [-0.2, 0) is 4.79 Å². The Labute approximate surface area is 89.3 Å². The van der Waals surface area contributed by atoms with E-state index >= 15 is 0 Å². The minimum absolute atomic E-state index is 0.0659. The fraction of sp³-hybridized carbons (Fsp3) is 0.417. The molecule has 1 heterocycles. The van der Waals surface area contributed by atoms with E-state index in [0.717, 1.165) is 10.6 Å². The molecule has 0 radical (unpaired) electrons. The summed E-state index contributed by atoms with van der Waals surface area (Å²) in [4.78, 5) is 11.4. The van der Waals surface area contributed by atoms with Crippen molar-refractivity contribution in [3.63, 3.8) is 0 Å². The van der Waals surface area contributed by atoms with Crippen molar-refractivity contribution in [1.29, 1.82) is 0 Å². The Morgan fingerprint density at radius 3 is 2.40 bits per heavy atom. The minimum atomic E-state index is -0.515. The van der Waals surface area contributed by atoms with Crippen LogP contribution in [0.4, 0.5) is 0 Å². The molecular weight excluding hydrogens is 190 g/mol. The normalized spacial score (nSPS) is 24.6. The lowest BCUT2D eigenvalue weighted by Crippen LogP contribution is -2.40. The number of amides is 1. The Morgan fingerprint density at radius 2 is 1.93 bits per heavy atom. The molecule has 3 nitrogen and oxygen atoms in total. The second-order valence-corrected chi connectivity index (χ2v) is 4.53. The van der Waals surface area contributed by atoms with E-state index in [2.05, 4.69) is 0 Å². The molecule has 1 N–H and O–H groups in total. The fourth-order valence-electron chi connectivity index (χ4n) is 2.19. The molecule has 1 aliphatic heterocycles. The molecule has 1 aliphatic rings. The molecule has 2 rings (SSSR count). The molecule has 80 valence electrons. The van der Waals surface area contributed by atoms with Crippen molar-refractivity contribution in [2.75, 3.05) is 0 Å². The first-order chi connectivity index (χ1) is 7.03. The van der Waals surface area contributed by atoms with Gasteiger partial charge < -0.3 is 0 Å². The molecular formula is C12H15NO2. The molecule has 0 spiro atoms. The molecule has 1 saturated heterocycles. The molecule has 1 unspecified atom stereocenters. The summed E-state index contributed by atoms with van der Waals surface area (Å²) in [7, 11) is 0. The quantitative estimate of drug-likeness (QED) is 0.714. The van der Waals surface area contributed by atoms with E-state index in [9.17, 15) is 10.0 Å². The third-order valence-corrected chi connectivity index (χ3v) is 3.22. The van der Waals surface area contributed by atoms with Crippen LogP contribution in [0.1, 0.15) is 31.7 Å². The molecule has 1 aromatic carbocycles. The number of rotatable bonds is 1. The molecule has 1 atom stereocenters. The van der Waals surface area contributed by atoms with E-state index in [1.54, 1.807) is 0 Å². The highest BCUT2D eigenvalue weighted by atomic mass is 16.5. The van der Waals surface area contributed by atoms with Gasteiger partial charge in [0, 0.05) is 12.3 Å². The van der Waals surface area contributed by atoms with Crippen molar-refractivity contribution in [2.45, 2.75) is 31.7 Å². The third kappa shape index (κ3) is 1.53. The maximum atomic E-state index is 11.4. The number of hydrogen-bond acceptors (Lipinski definition) is 2. The summed E-state index contributed by atoms with van der Waals surface area (Å²) in [5, 5.41) is 10.5. The van der Waals surface area contributed by atoms with Crippen molar-refractivity contribution in [1.82, 2.24) is 5.06 Å². The highest BCUT2D eigenvalue weighted by Crippen LogP contribution is 2.41. The molecule has 0 saturated carbocycles. The van der Waals surface area contributed by atoms with Crippen LogP contribution in [0, 0.1) is 0 Å². The number of nitrogens with zero attached hydrogens (tertiary/aromatic N) is 1. The molecule has 3 heteroatoms. The zero-order chi connectivity index (χ0) is 11.1. The predicted octanol–water partition coefficient (Wildman–Crippen LogP) is 2.17. The van der Waals surface area contributed by atoms with Crippen molar-refractivity contribution >= 4 is 5.91 Å². The van der Waals surface area contributed by atoms with Gasteiger partial charge in [-0.2, -0.15) is 0 Å². The number of hydrogen-bond donors (Lipinski definition) is 1. The molecule has 15 heavy (non-hydrogen) atoms. The number of carbonyl (C=O) groups is 1. The Morgan fingerprint density at radius 1 is 1.33 bits per heavy atom. The van der Waals surface area contributed by atoms with E-state index in [1.807, 2.05) is 44.2 Å². The first-order valence-corrected chi connectivity index (χ1v) is 5.10. The molecule has 0 aliphatic carbocycles. The highest BCUT2D eigenvalue weighted by molar-refractivity contribution is 5.80. The summed E-state index contributed by atoms with van der Waals surface area (Å²) in [6.07, 6.45) is 0.382. The van der Waals surface area contributed by atoms with Gasteiger partial charge in [0.15, 0.2) is 0 Å². The summed E-state index contributed by atoms with van der Waals surface area (Å²) < 4.78 is 0. The number of carbonyl (C=O) groups excluding carboxylic acids is 1. The van der Waals surface area contributed by atoms with Crippen molar-refractivity contribution in [3.05, 3.63) is 35.9 Å². The summed E-state index contributed by atoms with van der Waals surface area (Å²) in [5.41, 5.74) is 0.589. The van der Waals surface area contributed by atoms with Gasteiger partial charge in [-0.1, -0.05) is 30.3 Å². The number of hydroxylamine groups is 2. The Hall–Kier alpha value is -1.35. The van der Waals surface area contributed by atoms with Gasteiger partial charge in [0.2, 0.25) is 5.91 Å². The maximum Gasteiger partial charge on any atom is 0.247 e. The topological polar surface area (TPSA) is 40.5 Å². The zero-order valence-electron chi connectivity index (χ0n) is 8.97. The van der Waals surface area contributed by atoms with Crippen LogP contribution in [0.3, 0.4) is 0 Å². The van der Waals surface area contributed by atoms with Crippen LogP contribution < -0.4 is 0 Å². The second kappa shape index (κ2) is 3.35. The van der Waals surface area contributed by atoms with Crippen molar-refractivity contribution in [3.8, 4) is 0 Å². The molecule has 1 fully saturated rings. The lowest BCUT2D eigenvalue weighted by molar-refractivity contribution is -0.176. The summed E-state index contributed by atoms with van der Waals surface area (Å²) >= 11 is 0. The van der Waals surface area contributed by atoms with E-state index in [-0.39, 0.29) is 11.8 Å². The summed E-state index contributed by atoms with van der Waals surface area (Å²) in [6.45, 7) is 3.77. The Bertz CT molecular complexity index is 372. The van der Waals surface area contributed by atoms with E-state index in [1.165, 1.54) is 0 Å². The Kier molecular flexibility index (Phi) is 2.27. The van der Waals surface area contributed by atoms with Crippen LogP contribution in [0.5, 0.6) is 0 Å². The van der Waals surface area contributed by atoms with Gasteiger partial charge in [-0.15, -0.1) is 0 Å². The van der Waals surface area contributed by atoms with Gasteiger partial charge in [0.25, 0.3) is 0 Å². The maximum absolute atomic E-state index is 11.4. The van der Waals surface area contributed by atoms with Gasteiger partial charge in [0.05, 0.1) is 5.54 Å². The van der Waals surface area contributed by atoms with Crippen LogP contribution in [-0.4, -0.2) is 21.7 Å². The summed E-state index contributed by atoms with van der Waals surface area (Å²) in [5.74, 6) is -0.134. The first kappa shape index (κ1) is 10.2. The Balaban J connectivity index is 2.36. The van der Waals surface area contributed by atoms with Crippen LogP contribution in [0.2, 0.25) is 0 Å². The third-order valence-electron chi connectivity index (χ3n) is 3.22. The lowest BCUT2D eigenvalue weighted by Gasteiger charge is -2.31. The minimum Gasteiger partial charge on any atom is -0.285 e. The van der Waals surface area contributed by atoms with Crippen LogP contribution in [0.15, 0.2) is 30.3 Å². The van der Waals surface area contributed by atoms with E-state index in [4.69, 9.17) is 0 Å². The van der Waals surface area contributed by atoms with Crippen LogP contribution >= 0.6 is 0 Å². The smallest absolute Gasteiger partial charge is 0.247 e. The predicted molar refractivity (Wildman–Crippen MR) is 56.5 cm³/mol. The summed E-state index contributed by atoms with van der Waals surface area (Å²) in [6, 6.07) is 9.85. The fourth-order valence-corrected chi connectivity index (χ4v) is 2.19. The van der Waals surface area contributed by atoms with Crippen molar-refractivity contribution < 1.29 is 10.0 Å². The average molecular weight is 205 g/mol. The molecule has 0 bridgehead atoms. The first-order valence-electron chi connectivity index (χ1n) is 5.10. The van der Waals surface area contributed by atoms with Crippen molar-refractivity contribution in [2.24, 2.45) is 0 Å². The zero-order valence-corrected chi connectivity index (χ0v) is 8.97. The standard InChI is InChI=1S/C12H15NO2/c1-12(2)10(8-11(14)13(12)15)9-6-4-3-5-7-9/h3-7,10,15H,8H2,1-2H3. The monoisotopic (exact) mass is 205 g/mol. The second-order valence-electron chi connectivity index (χ2n) is 4.53. The van der Waals surface area contributed by atoms with Gasteiger partial charge in [-0.05, 0) is 19.4 Å². The van der Waals surface area contributed by atoms with E-state index in [0.29, 0.717) is 6.42 Å². The molecule has 1 aromatic rings. The van der Waals surface area contributed by atoms with Gasteiger partial charge >= 0.3 is 0 Å². The van der Waals surface area contributed by atoms with Crippen LogP contribution in [0.25, 0.3) is 0 Å². The molecule has 1 amide bonds. The van der Waals surface area contributed by atoms with Gasteiger partial charge in [-0.25, -0.2) is 5.06 Å². The molecule has 0 aromatic heterocycles. The SMILES string of the molecule is CC1(C)C(c2ccccc2)CC(=O)N1O. The number of benzene rings is 1. The highest BCUT2D eigenvalue weighted by Gasteiger charge is 2.46. The van der Waals surface area contributed by atoms with Gasteiger partial charge in [-0.3, -0.25) is 10.0 Å². The largest absolute Gasteiger partial charge is 0.285 e. The van der Waals surface area contributed by atoms with E-state index < -0.39 is 5.54 Å². The lowest BCUT2D eigenvalue weighted by atomic mass is 9.83. The average Bonchev–Trinajstić information content (AvgIpc) is 2.43.